The van der Waals surface area contributed by atoms with Crippen LogP contribution in [-0.4, -0.2) is 31.4 Å². The average molecular weight is 451 g/mol. The predicted octanol–water partition coefficient (Wildman–Crippen LogP) is 5.04. The molecule has 10 nitrogen and oxygen atoms in total. The predicted molar refractivity (Wildman–Crippen MR) is 119 cm³/mol. The number of aromatic nitrogens is 5. The van der Waals surface area contributed by atoms with E-state index in [1.807, 2.05) is 20.8 Å². The third kappa shape index (κ3) is 5.14. The van der Waals surface area contributed by atoms with Crippen molar-refractivity contribution in [3.8, 4) is 23.0 Å². The van der Waals surface area contributed by atoms with E-state index >= 15 is 0 Å². The van der Waals surface area contributed by atoms with Gasteiger partial charge in [0.05, 0.1) is 23.3 Å². The summed E-state index contributed by atoms with van der Waals surface area (Å²) in [7, 11) is 0. The van der Waals surface area contributed by atoms with E-state index in [1.165, 1.54) is 12.1 Å². The monoisotopic (exact) mass is 451 g/mol. The van der Waals surface area contributed by atoms with Crippen LogP contribution in [0.1, 0.15) is 32.0 Å². The van der Waals surface area contributed by atoms with Gasteiger partial charge in [0.15, 0.2) is 0 Å². The van der Waals surface area contributed by atoms with Crippen molar-refractivity contribution in [3.63, 3.8) is 0 Å². The molecule has 4 rings (SSSR count). The number of nitrogens with one attached hydrogen (secondary N) is 3. The number of aromatic amines is 1. The number of amides is 2. The molecule has 0 spiro atoms. The molecule has 170 valence electrons. The fourth-order valence-corrected chi connectivity index (χ4v) is 2.85. The van der Waals surface area contributed by atoms with E-state index in [9.17, 15) is 9.18 Å². The van der Waals surface area contributed by atoms with E-state index in [4.69, 9.17) is 9.26 Å². The van der Waals surface area contributed by atoms with Crippen molar-refractivity contribution < 1.29 is 18.4 Å². The van der Waals surface area contributed by atoms with Crippen LogP contribution >= 0.6 is 0 Å². The molecule has 0 radical (unpaired) electrons. The number of H-pyrrole nitrogens is 1. The molecule has 33 heavy (non-hydrogen) atoms. The third-order valence-corrected chi connectivity index (χ3v) is 4.66. The van der Waals surface area contributed by atoms with Crippen LogP contribution in [0.3, 0.4) is 0 Å². The number of carbonyl (C=O) groups is 1. The highest BCUT2D eigenvalue weighted by atomic mass is 19.1. The maximum atomic E-state index is 14.5. The van der Waals surface area contributed by atoms with Gasteiger partial charge in [-0.1, -0.05) is 25.9 Å². The summed E-state index contributed by atoms with van der Waals surface area (Å²) in [5.74, 6) is -0.201. The fourth-order valence-electron chi connectivity index (χ4n) is 2.85. The zero-order valence-corrected chi connectivity index (χ0v) is 18.4. The molecular formula is C22H22FN7O3. The minimum absolute atomic E-state index is 0.0650. The molecule has 3 heterocycles. The van der Waals surface area contributed by atoms with E-state index in [-0.39, 0.29) is 28.7 Å². The highest BCUT2D eigenvalue weighted by Crippen LogP contribution is 2.30. The Kier molecular flexibility index (Phi) is 5.78. The van der Waals surface area contributed by atoms with Crippen molar-refractivity contribution >= 4 is 17.6 Å². The van der Waals surface area contributed by atoms with Gasteiger partial charge in [0.1, 0.15) is 11.6 Å². The number of carbonyl (C=O) groups excluding carboxylic acids is 1. The van der Waals surface area contributed by atoms with Gasteiger partial charge in [-0.3, -0.25) is 10.4 Å². The Morgan fingerprint density at radius 2 is 2.03 bits per heavy atom. The first-order valence-electron chi connectivity index (χ1n) is 10.0. The van der Waals surface area contributed by atoms with Crippen LogP contribution in [0.25, 0.3) is 11.3 Å². The van der Waals surface area contributed by atoms with Crippen LogP contribution in [0, 0.1) is 12.7 Å². The smallest absolute Gasteiger partial charge is 0.326 e. The van der Waals surface area contributed by atoms with Gasteiger partial charge >= 0.3 is 12.0 Å². The second-order valence-corrected chi connectivity index (χ2v) is 8.32. The molecule has 0 aliphatic heterocycles. The van der Waals surface area contributed by atoms with Crippen LogP contribution in [0.5, 0.6) is 11.8 Å². The number of benzene rings is 1. The van der Waals surface area contributed by atoms with E-state index in [2.05, 4.69) is 36.0 Å². The number of aryl methyl sites for hydroxylation is 1. The van der Waals surface area contributed by atoms with Crippen molar-refractivity contribution in [1.29, 1.82) is 0 Å². The molecule has 0 atom stereocenters. The molecular weight excluding hydrogens is 429 g/mol. The second kappa shape index (κ2) is 8.69. The molecule has 0 saturated carbocycles. The Labute approximate surface area is 188 Å². The Bertz CT molecular complexity index is 1280. The summed E-state index contributed by atoms with van der Waals surface area (Å²) in [6, 6.07) is 5.30. The zero-order valence-electron chi connectivity index (χ0n) is 18.4. The van der Waals surface area contributed by atoms with Crippen LogP contribution < -0.4 is 15.4 Å². The highest BCUT2D eigenvalue weighted by molar-refractivity contribution is 5.99. The first-order chi connectivity index (χ1) is 15.7. The molecule has 0 aliphatic rings. The Hall–Kier alpha value is -4.28. The Morgan fingerprint density at radius 1 is 1.21 bits per heavy atom. The number of urea groups is 1. The number of anilines is 2. The molecule has 11 heteroatoms. The van der Waals surface area contributed by atoms with E-state index in [0.717, 1.165) is 5.56 Å². The minimum atomic E-state index is -0.696. The van der Waals surface area contributed by atoms with Gasteiger partial charge in [-0.2, -0.15) is 10.1 Å². The molecule has 0 saturated heterocycles. The second-order valence-electron chi connectivity index (χ2n) is 8.32. The maximum absolute atomic E-state index is 14.5. The summed E-state index contributed by atoms with van der Waals surface area (Å²) >= 11 is 0. The minimum Gasteiger partial charge on any atom is -0.424 e. The average Bonchev–Trinajstić information content (AvgIpc) is 3.44. The molecule has 0 unspecified atom stereocenters. The number of hydrogen-bond acceptors (Lipinski definition) is 7. The lowest BCUT2D eigenvalue weighted by Gasteiger charge is -2.12. The Morgan fingerprint density at radius 3 is 2.73 bits per heavy atom. The molecule has 2 amide bonds. The number of hydrogen-bond donors (Lipinski definition) is 3. The Balaban J connectivity index is 1.50. The van der Waals surface area contributed by atoms with Gasteiger partial charge in [-0.15, -0.1) is 0 Å². The molecule has 4 aromatic rings. The van der Waals surface area contributed by atoms with Crippen molar-refractivity contribution in [2.24, 2.45) is 0 Å². The molecule has 0 aliphatic carbocycles. The van der Waals surface area contributed by atoms with Gasteiger partial charge in [0, 0.05) is 35.5 Å². The number of nitrogens with zero attached hydrogens (tertiary/aromatic N) is 4. The van der Waals surface area contributed by atoms with E-state index in [1.54, 1.807) is 37.6 Å². The number of rotatable bonds is 5. The molecule has 3 aromatic heterocycles. The number of ether oxygens (including phenoxy) is 1. The summed E-state index contributed by atoms with van der Waals surface area (Å²) in [4.78, 5) is 20.8. The molecule has 1 aromatic carbocycles. The first-order valence-corrected chi connectivity index (χ1v) is 10.0. The summed E-state index contributed by atoms with van der Waals surface area (Å²) in [6.45, 7) is 7.57. The maximum Gasteiger partial charge on any atom is 0.326 e. The zero-order chi connectivity index (χ0) is 23.6. The summed E-state index contributed by atoms with van der Waals surface area (Å²) < 4.78 is 25.4. The number of halogens is 1. The van der Waals surface area contributed by atoms with Crippen LogP contribution in [0.15, 0.2) is 47.4 Å². The summed E-state index contributed by atoms with van der Waals surface area (Å²) in [5.41, 5.74) is 2.21. The quantitative estimate of drug-likeness (QED) is 0.387. The normalized spacial score (nSPS) is 11.3. The van der Waals surface area contributed by atoms with Crippen molar-refractivity contribution in [2.45, 2.75) is 33.1 Å². The molecule has 3 N–H and O–H groups in total. The lowest BCUT2D eigenvalue weighted by Crippen LogP contribution is -2.20. The topological polar surface area (TPSA) is 131 Å². The largest absolute Gasteiger partial charge is 0.424 e. The summed E-state index contributed by atoms with van der Waals surface area (Å²) in [6.07, 6.45) is 4.85. The van der Waals surface area contributed by atoms with Crippen molar-refractivity contribution in [2.75, 3.05) is 10.6 Å². The molecule has 0 bridgehead atoms. The first kappa shape index (κ1) is 21.9. The van der Waals surface area contributed by atoms with Crippen molar-refractivity contribution in [3.05, 3.63) is 59.9 Å². The SMILES string of the molecule is Cc1cc(F)c(NC(=O)Nc2cc(C(C)(C)C)no2)cc1Oc1nccc(-c2cn[nH]c2)n1. The van der Waals surface area contributed by atoms with Gasteiger partial charge in [0.25, 0.3) is 0 Å². The van der Waals surface area contributed by atoms with Crippen LogP contribution in [0.2, 0.25) is 0 Å². The van der Waals surface area contributed by atoms with Crippen LogP contribution in [-0.2, 0) is 5.41 Å². The van der Waals surface area contributed by atoms with E-state index < -0.39 is 11.8 Å². The summed E-state index contributed by atoms with van der Waals surface area (Å²) in [5, 5.41) is 15.5. The standard InChI is InChI=1S/C22H22FN7O3/c1-12-7-14(23)16(27-20(31)29-19-9-18(30-33-19)22(2,3)4)8-17(12)32-21-24-6-5-15(28-21)13-10-25-26-11-13/h5-11H,1-4H3,(H,25,26)(H2,27,29,31). The lowest BCUT2D eigenvalue weighted by atomic mass is 9.92. The highest BCUT2D eigenvalue weighted by Gasteiger charge is 2.20. The van der Waals surface area contributed by atoms with Gasteiger partial charge in [-0.25, -0.2) is 14.2 Å². The van der Waals surface area contributed by atoms with Gasteiger partial charge < -0.3 is 14.6 Å². The van der Waals surface area contributed by atoms with Crippen LogP contribution in [0.4, 0.5) is 20.8 Å². The van der Waals surface area contributed by atoms with Gasteiger partial charge in [0.2, 0.25) is 5.88 Å². The van der Waals surface area contributed by atoms with Gasteiger partial charge in [-0.05, 0) is 24.6 Å². The molecule has 0 fully saturated rings. The lowest BCUT2D eigenvalue weighted by molar-refractivity contribution is 0.261. The van der Waals surface area contributed by atoms with E-state index in [0.29, 0.717) is 17.0 Å². The third-order valence-electron chi connectivity index (χ3n) is 4.66. The van der Waals surface area contributed by atoms with Crippen molar-refractivity contribution in [1.82, 2.24) is 25.3 Å². The fraction of sp³-hybridized carbons (Fsp3) is 0.227.